The Kier molecular flexibility index (Phi) is 6.87. The van der Waals surface area contributed by atoms with Gasteiger partial charge in [-0.25, -0.2) is 4.79 Å². The van der Waals surface area contributed by atoms with E-state index in [0.29, 0.717) is 15.6 Å². The maximum absolute atomic E-state index is 13.6. The molecular weight excluding hydrogens is 421 g/mol. The minimum Gasteiger partial charge on any atom is -0.462 e. The molecule has 0 saturated carbocycles. The minimum atomic E-state index is -4.40. The van der Waals surface area contributed by atoms with Crippen molar-refractivity contribution in [2.45, 2.75) is 32.9 Å². The van der Waals surface area contributed by atoms with Crippen molar-refractivity contribution in [3.8, 4) is 0 Å². The first kappa shape index (κ1) is 21.2. The molecule has 0 aromatic heterocycles. The third-order valence-electron chi connectivity index (χ3n) is 3.93. The lowest BCUT2D eigenvalue weighted by Crippen LogP contribution is -2.19. The zero-order valence-electron chi connectivity index (χ0n) is 15.2. The predicted molar refractivity (Wildman–Crippen MR) is 104 cm³/mol. The largest absolute Gasteiger partial charge is 0.462 e. The van der Waals surface area contributed by atoms with E-state index in [1.807, 2.05) is 6.07 Å². The van der Waals surface area contributed by atoms with Gasteiger partial charge >= 0.3 is 12.1 Å². The Morgan fingerprint density at radius 3 is 2.30 bits per heavy atom. The van der Waals surface area contributed by atoms with Gasteiger partial charge in [-0.3, -0.25) is 0 Å². The first-order valence-corrected chi connectivity index (χ1v) is 9.21. The Morgan fingerprint density at radius 1 is 1.15 bits per heavy atom. The van der Waals surface area contributed by atoms with Crippen LogP contribution < -0.4 is 0 Å². The van der Waals surface area contributed by atoms with Gasteiger partial charge in [-0.2, -0.15) is 13.2 Å². The number of hydrogen-bond donors (Lipinski definition) is 0. The molecule has 1 atom stereocenters. The summed E-state index contributed by atoms with van der Waals surface area (Å²) in [4.78, 5) is 11.8. The van der Waals surface area contributed by atoms with Gasteiger partial charge in [0.1, 0.15) is 0 Å². The van der Waals surface area contributed by atoms with Crippen molar-refractivity contribution in [3.63, 3.8) is 0 Å². The van der Waals surface area contributed by atoms with Gasteiger partial charge in [0.25, 0.3) is 0 Å². The minimum absolute atomic E-state index is 0.207. The van der Waals surface area contributed by atoms with E-state index in [1.165, 1.54) is 12.1 Å². The van der Waals surface area contributed by atoms with E-state index in [0.717, 1.165) is 17.2 Å². The van der Waals surface area contributed by atoms with Crippen LogP contribution in [-0.4, -0.2) is 18.8 Å². The molecule has 0 saturated heterocycles. The summed E-state index contributed by atoms with van der Waals surface area (Å²) in [7, 11) is 0. The Bertz CT molecular complexity index is 837. The van der Waals surface area contributed by atoms with E-state index >= 15 is 0 Å². The van der Waals surface area contributed by atoms with Crippen LogP contribution in [0.4, 0.5) is 13.2 Å². The van der Waals surface area contributed by atoms with Gasteiger partial charge in [-0.05, 0) is 60.0 Å². The molecule has 0 fully saturated rings. The number of alkyl halides is 3. The molecule has 2 aromatic rings. The van der Waals surface area contributed by atoms with E-state index in [2.05, 4.69) is 15.9 Å². The van der Waals surface area contributed by atoms with Crippen LogP contribution in [0.1, 0.15) is 45.5 Å². The first-order chi connectivity index (χ1) is 12.6. The summed E-state index contributed by atoms with van der Waals surface area (Å²) in [5.41, 5.74) is 2.66. The Labute approximate surface area is 165 Å². The molecule has 0 heterocycles. The highest BCUT2D eigenvalue weighted by molar-refractivity contribution is 9.10. The zero-order valence-corrected chi connectivity index (χ0v) is 16.8. The second kappa shape index (κ2) is 8.74. The number of carbonyl (C=O) groups is 1. The zero-order chi connectivity index (χ0) is 20.2. The fraction of sp³-hybridized carbons (Fsp3) is 0.286. The van der Waals surface area contributed by atoms with Crippen molar-refractivity contribution >= 4 is 28.0 Å². The van der Waals surface area contributed by atoms with Gasteiger partial charge < -0.3 is 4.74 Å². The van der Waals surface area contributed by atoms with Gasteiger partial charge in [0.15, 0.2) is 0 Å². The van der Waals surface area contributed by atoms with Crippen LogP contribution in [0.5, 0.6) is 0 Å². The first-order valence-electron chi connectivity index (χ1n) is 8.41. The molecule has 0 aliphatic rings. The third-order valence-corrected chi connectivity index (χ3v) is 4.58. The molecule has 2 rings (SSSR count). The molecule has 0 aliphatic heterocycles. The van der Waals surface area contributed by atoms with Crippen molar-refractivity contribution in [3.05, 3.63) is 74.8 Å². The van der Waals surface area contributed by atoms with Crippen LogP contribution in [0.2, 0.25) is 0 Å². The van der Waals surface area contributed by atoms with Crippen molar-refractivity contribution in [1.82, 2.24) is 0 Å². The van der Waals surface area contributed by atoms with E-state index in [9.17, 15) is 18.0 Å². The standard InChI is InChI=1S/C21H20BrF3O2/c1-4-27-20(26)17-7-5-15(12-19(17)22)6-8-18(21(23,24)25)16-10-13(2)9-14(3)11-16/h5-12,18H,4H2,1-3H3/b8-6+. The second-order valence-electron chi connectivity index (χ2n) is 6.26. The van der Waals surface area contributed by atoms with Gasteiger partial charge in [-0.15, -0.1) is 0 Å². The Balaban J connectivity index is 2.34. The SMILES string of the molecule is CCOC(=O)c1ccc(/C=C/C(c2cc(C)cc(C)c2)C(F)(F)F)cc1Br. The fourth-order valence-corrected chi connectivity index (χ4v) is 3.37. The van der Waals surface area contributed by atoms with Crippen molar-refractivity contribution in [2.75, 3.05) is 6.61 Å². The Hall–Kier alpha value is -2.08. The van der Waals surface area contributed by atoms with Gasteiger partial charge in [-0.1, -0.05) is 47.5 Å². The molecule has 2 nitrogen and oxygen atoms in total. The number of ether oxygens (including phenoxy) is 1. The molecular formula is C21H20BrF3O2. The number of carbonyl (C=O) groups excluding carboxylic acids is 1. The van der Waals surface area contributed by atoms with Gasteiger partial charge in [0.05, 0.1) is 18.1 Å². The maximum Gasteiger partial charge on any atom is 0.399 e. The molecule has 0 bridgehead atoms. The topological polar surface area (TPSA) is 26.3 Å². The number of allylic oxidation sites excluding steroid dienone is 1. The van der Waals surface area contributed by atoms with Crippen LogP contribution in [0.25, 0.3) is 6.08 Å². The highest BCUT2D eigenvalue weighted by Gasteiger charge is 2.39. The quantitative estimate of drug-likeness (QED) is 0.489. The Morgan fingerprint density at radius 2 is 1.78 bits per heavy atom. The number of aryl methyl sites for hydroxylation is 2. The lowest BCUT2D eigenvalue weighted by Gasteiger charge is -2.18. The highest BCUT2D eigenvalue weighted by Crippen LogP contribution is 2.37. The van der Waals surface area contributed by atoms with Crippen LogP contribution in [0.15, 0.2) is 46.9 Å². The molecule has 2 aromatic carbocycles. The average molecular weight is 441 g/mol. The normalized spacial score (nSPS) is 13.0. The summed E-state index contributed by atoms with van der Waals surface area (Å²) in [5, 5.41) is 0. The summed E-state index contributed by atoms with van der Waals surface area (Å²) in [5.74, 6) is -2.19. The van der Waals surface area contributed by atoms with Gasteiger partial charge in [0, 0.05) is 4.47 Å². The monoisotopic (exact) mass is 440 g/mol. The molecule has 0 spiro atoms. The molecule has 144 valence electrons. The summed E-state index contributed by atoms with van der Waals surface area (Å²) in [6, 6.07) is 9.65. The lowest BCUT2D eigenvalue weighted by atomic mass is 9.94. The van der Waals surface area contributed by atoms with Crippen LogP contribution in [-0.2, 0) is 4.74 Å². The molecule has 0 aliphatic carbocycles. The number of benzene rings is 2. The summed E-state index contributed by atoms with van der Waals surface area (Å²) in [6.45, 7) is 5.50. The number of halogens is 4. The smallest absolute Gasteiger partial charge is 0.399 e. The fourth-order valence-electron chi connectivity index (χ4n) is 2.82. The number of esters is 1. The van der Waals surface area contributed by atoms with Crippen molar-refractivity contribution in [2.24, 2.45) is 0 Å². The van der Waals surface area contributed by atoms with Gasteiger partial charge in [0.2, 0.25) is 0 Å². The number of hydrogen-bond acceptors (Lipinski definition) is 2. The van der Waals surface area contributed by atoms with Crippen LogP contribution in [0.3, 0.4) is 0 Å². The maximum atomic E-state index is 13.6. The molecule has 1 unspecified atom stereocenters. The lowest BCUT2D eigenvalue weighted by molar-refractivity contribution is -0.139. The predicted octanol–water partition coefficient (Wildman–Crippen LogP) is 6.60. The van der Waals surface area contributed by atoms with E-state index in [-0.39, 0.29) is 12.2 Å². The van der Waals surface area contributed by atoms with Crippen molar-refractivity contribution in [1.29, 1.82) is 0 Å². The molecule has 0 amide bonds. The van der Waals surface area contributed by atoms with Crippen molar-refractivity contribution < 1.29 is 22.7 Å². The van der Waals surface area contributed by atoms with E-state index in [1.54, 1.807) is 45.0 Å². The molecule has 6 heteroatoms. The van der Waals surface area contributed by atoms with Crippen LogP contribution >= 0.6 is 15.9 Å². The third kappa shape index (κ3) is 5.70. The summed E-state index contributed by atoms with van der Waals surface area (Å²) >= 11 is 3.27. The average Bonchev–Trinajstić information content (AvgIpc) is 2.53. The summed E-state index contributed by atoms with van der Waals surface area (Å²) in [6.07, 6.45) is -1.85. The highest BCUT2D eigenvalue weighted by atomic mass is 79.9. The van der Waals surface area contributed by atoms with Crippen LogP contribution in [0, 0.1) is 13.8 Å². The molecule has 27 heavy (non-hydrogen) atoms. The molecule has 0 radical (unpaired) electrons. The molecule has 0 N–H and O–H groups in total. The van der Waals surface area contributed by atoms with E-state index in [4.69, 9.17) is 4.74 Å². The van der Waals surface area contributed by atoms with E-state index < -0.39 is 18.1 Å². The summed E-state index contributed by atoms with van der Waals surface area (Å²) < 4.78 is 46.2. The number of rotatable bonds is 5. The second-order valence-corrected chi connectivity index (χ2v) is 7.11.